The average Bonchev–Trinajstić information content (AvgIpc) is 2.80. The highest BCUT2D eigenvalue weighted by molar-refractivity contribution is 6.31. The van der Waals surface area contributed by atoms with Crippen molar-refractivity contribution in [2.75, 3.05) is 6.61 Å². The summed E-state index contributed by atoms with van der Waals surface area (Å²) in [6.07, 6.45) is 1.49. The van der Waals surface area contributed by atoms with E-state index >= 15 is 0 Å². The normalized spacial score (nSPS) is 10.5. The van der Waals surface area contributed by atoms with Gasteiger partial charge in [-0.25, -0.2) is 0 Å². The third kappa shape index (κ3) is 7.23. The van der Waals surface area contributed by atoms with Crippen LogP contribution in [0, 0.1) is 5.41 Å². The van der Waals surface area contributed by atoms with Crippen LogP contribution in [0.5, 0.6) is 5.75 Å². The van der Waals surface area contributed by atoms with E-state index in [-0.39, 0.29) is 24.9 Å². The van der Waals surface area contributed by atoms with Crippen LogP contribution in [0.2, 0.25) is 10.0 Å². The van der Waals surface area contributed by atoms with Crippen molar-refractivity contribution in [2.45, 2.75) is 19.4 Å². The molecule has 0 saturated heterocycles. The lowest BCUT2D eigenvalue weighted by atomic mass is 10.0. The largest absolute Gasteiger partial charge is 0.483 e. The van der Waals surface area contributed by atoms with Gasteiger partial charge in [-0.3, -0.25) is 15.0 Å². The van der Waals surface area contributed by atoms with E-state index in [1.165, 1.54) is 6.07 Å². The number of nitrogens with one attached hydrogen (secondary N) is 2. The van der Waals surface area contributed by atoms with Gasteiger partial charge in [-0.05, 0) is 60.4 Å². The zero-order valence-electron chi connectivity index (χ0n) is 18.2. The first kappa shape index (κ1) is 25.1. The average molecular weight is 499 g/mol. The van der Waals surface area contributed by atoms with Gasteiger partial charge in [0, 0.05) is 33.3 Å². The molecule has 0 atom stereocenters. The van der Waals surface area contributed by atoms with Crippen LogP contribution in [-0.2, 0) is 24.2 Å². The fourth-order valence-corrected chi connectivity index (χ4v) is 3.68. The number of rotatable bonds is 10. The van der Waals surface area contributed by atoms with E-state index in [1.54, 1.807) is 24.3 Å². The van der Waals surface area contributed by atoms with Crippen molar-refractivity contribution in [2.24, 2.45) is 11.5 Å². The van der Waals surface area contributed by atoms with Crippen LogP contribution in [0.4, 0.5) is 0 Å². The highest BCUT2D eigenvalue weighted by atomic mass is 35.5. The van der Waals surface area contributed by atoms with Crippen LogP contribution in [0.3, 0.4) is 0 Å². The molecule has 0 bridgehead atoms. The van der Waals surface area contributed by atoms with Crippen molar-refractivity contribution < 1.29 is 14.3 Å². The molecule has 3 rings (SSSR count). The summed E-state index contributed by atoms with van der Waals surface area (Å²) in [5, 5.41) is 11.6. The number of amidine groups is 1. The van der Waals surface area contributed by atoms with Gasteiger partial charge in [-0.15, -0.1) is 0 Å². The van der Waals surface area contributed by atoms with Crippen molar-refractivity contribution >= 4 is 40.9 Å². The van der Waals surface area contributed by atoms with E-state index in [0.29, 0.717) is 38.9 Å². The summed E-state index contributed by atoms with van der Waals surface area (Å²) in [4.78, 5) is 24.0. The third-order valence-electron chi connectivity index (χ3n) is 5.02. The topological polar surface area (TPSA) is 131 Å². The molecule has 0 unspecified atom stereocenters. The summed E-state index contributed by atoms with van der Waals surface area (Å²) in [6.45, 7) is -0.217. The number of carbonyl (C=O) groups is 2. The van der Waals surface area contributed by atoms with Crippen molar-refractivity contribution in [3.8, 4) is 5.75 Å². The van der Waals surface area contributed by atoms with Crippen LogP contribution in [-0.4, -0.2) is 24.3 Å². The van der Waals surface area contributed by atoms with Crippen molar-refractivity contribution in [1.82, 2.24) is 5.32 Å². The molecule has 176 valence electrons. The molecule has 0 aliphatic rings. The monoisotopic (exact) mass is 498 g/mol. The summed E-state index contributed by atoms with van der Waals surface area (Å²) < 4.78 is 5.44. The van der Waals surface area contributed by atoms with Crippen LogP contribution in [0.25, 0.3) is 0 Å². The van der Waals surface area contributed by atoms with Gasteiger partial charge in [0.1, 0.15) is 11.6 Å². The van der Waals surface area contributed by atoms with E-state index < -0.39 is 5.91 Å². The Morgan fingerprint density at radius 3 is 2.24 bits per heavy atom. The lowest BCUT2D eigenvalue weighted by molar-refractivity contribution is -0.119. The number of nitrogens with two attached hydrogens (primary N) is 2. The molecule has 7 nitrogen and oxygen atoms in total. The number of carbonyl (C=O) groups excluding carboxylic acids is 2. The van der Waals surface area contributed by atoms with Crippen molar-refractivity contribution in [3.63, 3.8) is 0 Å². The van der Waals surface area contributed by atoms with E-state index in [0.717, 1.165) is 17.5 Å². The Morgan fingerprint density at radius 1 is 0.853 bits per heavy atom. The Labute approximate surface area is 207 Å². The third-order valence-corrected chi connectivity index (χ3v) is 5.49. The van der Waals surface area contributed by atoms with Gasteiger partial charge in [0.15, 0.2) is 6.61 Å². The van der Waals surface area contributed by atoms with Gasteiger partial charge >= 0.3 is 0 Å². The molecular weight excluding hydrogens is 475 g/mol. The fraction of sp³-hybridized carbons (Fsp3) is 0.160. The Kier molecular flexibility index (Phi) is 8.51. The van der Waals surface area contributed by atoms with Crippen LogP contribution in [0.1, 0.15) is 32.6 Å². The molecule has 0 spiro atoms. The second-order valence-electron chi connectivity index (χ2n) is 7.65. The molecule has 0 heterocycles. The number of primary amides is 1. The van der Waals surface area contributed by atoms with E-state index in [4.69, 9.17) is 44.8 Å². The number of hydrogen-bond acceptors (Lipinski definition) is 4. The number of ether oxygens (including phenoxy) is 1. The van der Waals surface area contributed by atoms with Gasteiger partial charge in [0.2, 0.25) is 0 Å². The summed E-state index contributed by atoms with van der Waals surface area (Å²) >= 11 is 12.2. The number of hydrogen-bond donors (Lipinski definition) is 4. The van der Waals surface area contributed by atoms with E-state index in [2.05, 4.69) is 5.32 Å². The molecule has 0 saturated carbocycles. The molecule has 6 N–H and O–H groups in total. The number of aryl methyl sites for hydroxylation is 2. The van der Waals surface area contributed by atoms with Crippen molar-refractivity contribution in [3.05, 3.63) is 98.5 Å². The molecule has 0 fully saturated rings. The highest BCUT2D eigenvalue weighted by Gasteiger charge is 2.12. The van der Waals surface area contributed by atoms with Gasteiger partial charge in [-0.2, -0.15) is 0 Å². The van der Waals surface area contributed by atoms with Crippen LogP contribution >= 0.6 is 23.2 Å². The van der Waals surface area contributed by atoms with Crippen molar-refractivity contribution in [1.29, 1.82) is 5.41 Å². The standard InChI is InChI=1S/C25H24Cl2N4O3/c26-20-7-3-15(4-8-20)1-2-16-9-19(11-21(27)10-16)25(33)31-13-18-6-5-17(24(29)30)12-22(18)34-14-23(28)32/h3-12H,1-2,13-14H2,(H2,28,32)(H3,29,30)(H,31,33). The zero-order valence-corrected chi connectivity index (χ0v) is 19.7. The zero-order chi connectivity index (χ0) is 24.7. The quantitative estimate of drug-likeness (QED) is 0.249. The molecule has 2 amide bonds. The van der Waals surface area contributed by atoms with Crippen LogP contribution < -0.4 is 21.5 Å². The Bertz CT molecular complexity index is 1210. The minimum atomic E-state index is -0.645. The summed E-state index contributed by atoms with van der Waals surface area (Å²) in [7, 11) is 0. The number of amides is 2. The summed E-state index contributed by atoms with van der Waals surface area (Å²) in [5.41, 5.74) is 14.2. The van der Waals surface area contributed by atoms with E-state index in [1.807, 2.05) is 30.3 Å². The second-order valence-corrected chi connectivity index (χ2v) is 8.52. The second kappa shape index (κ2) is 11.5. The van der Waals surface area contributed by atoms with Gasteiger partial charge < -0.3 is 21.5 Å². The summed E-state index contributed by atoms with van der Waals surface area (Å²) in [5.74, 6) is -0.800. The lowest BCUT2D eigenvalue weighted by Crippen LogP contribution is -2.25. The first-order valence-corrected chi connectivity index (χ1v) is 11.2. The smallest absolute Gasteiger partial charge is 0.255 e. The van der Waals surface area contributed by atoms with Gasteiger partial charge in [-0.1, -0.05) is 47.5 Å². The molecule has 0 aliphatic carbocycles. The first-order chi connectivity index (χ1) is 16.2. The Hall–Kier alpha value is -3.55. The Balaban J connectivity index is 1.70. The van der Waals surface area contributed by atoms with E-state index in [9.17, 15) is 9.59 Å². The minimum Gasteiger partial charge on any atom is -0.483 e. The maximum Gasteiger partial charge on any atom is 0.255 e. The minimum absolute atomic E-state index is 0.123. The van der Waals surface area contributed by atoms with Gasteiger partial charge in [0.25, 0.3) is 11.8 Å². The molecule has 0 aromatic heterocycles. The molecule has 34 heavy (non-hydrogen) atoms. The predicted octanol–water partition coefficient (Wildman–Crippen LogP) is 3.86. The molecule has 0 radical (unpaired) electrons. The maximum absolute atomic E-state index is 12.8. The number of nitrogen functional groups attached to an aromatic ring is 1. The number of benzene rings is 3. The molecule has 3 aromatic rings. The van der Waals surface area contributed by atoms with Gasteiger partial charge in [0.05, 0.1) is 0 Å². The molecule has 3 aromatic carbocycles. The first-order valence-electron chi connectivity index (χ1n) is 10.4. The predicted molar refractivity (Wildman–Crippen MR) is 134 cm³/mol. The lowest BCUT2D eigenvalue weighted by Gasteiger charge is -2.13. The maximum atomic E-state index is 12.8. The summed E-state index contributed by atoms with van der Waals surface area (Å²) in [6, 6.07) is 17.7. The Morgan fingerprint density at radius 2 is 1.56 bits per heavy atom. The van der Waals surface area contributed by atoms with Crippen LogP contribution in [0.15, 0.2) is 60.7 Å². The highest BCUT2D eigenvalue weighted by Crippen LogP contribution is 2.22. The molecule has 0 aliphatic heterocycles. The SMILES string of the molecule is N=C(N)c1ccc(CNC(=O)c2cc(Cl)cc(CCc3ccc(Cl)cc3)c2)c(OCC(N)=O)c1. The fourth-order valence-electron chi connectivity index (χ4n) is 3.29. The number of halogens is 2. The molecular formula is C25H24Cl2N4O3. The molecule has 9 heteroatoms.